The second-order valence-electron chi connectivity index (χ2n) is 6.23. The summed E-state index contributed by atoms with van der Waals surface area (Å²) in [6, 6.07) is 18.5. The number of hydrogen-bond donors (Lipinski definition) is 1. The van der Waals surface area contributed by atoms with E-state index >= 15 is 0 Å². The molecule has 4 rings (SSSR count). The molecule has 0 saturated carbocycles. The number of rotatable bonds is 6. The molecule has 2 heterocycles. The molecule has 0 fully saturated rings. The maximum Gasteiger partial charge on any atom is 0.286 e. The van der Waals surface area contributed by atoms with Crippen LogP contribution in [0.1, 0.15) is 20.6 Å². The lowest BCUT2D eigenvalue weighted by Gasteiger charge is -2.00. The fourth-order valence-corrected chi connectivity index (χ4v) is 3.54. The van der Waals surface area contributed by atoms with Crippen LogP contribution < -0.4 is 5.32 Å². The Balaban J connectivity index is 1.47. The van der Waals surface area contributed by atoms with E-state index < -0.39 is 4.92 Å². The minimum atomic E-state index is -0.462. The highest BCUT2D eigenvalue weighted by Crippen LogP contribution is 2.29. The number of hydrogen-bond acceptors (Lipinski definition) is 7. The first-order valence-corrected chi connectivity index (χ1v) is 10.1. The molecule has 0 atom stereocenters. The number of non-ortho nitro benzene ring substituents is 1. The summed E-state index contributed by atoms with van der Waals surface area (Å²) in [4.78, 5) is 22.6. The van der Waals surface area contributed by atoms with Gasteiger partial charge >= 0.3 is 0 Å². The average molecular weight is 453 g/mol. The summed E-state index contributed by atoms with van der Waals surface area (Å²) in [5, 5.41) is 22.2. The van der Waals surface area contributed by atoms with E-state index in [-0.39, 0.29) is 21.6 Å². The van der Waals surface area contributed by atoms with Crippen molar-refractivity contribution in [1.82, 2.24) is 10.2 Å². The lowest BCUT2D eigenvalue weighted by atomic mass is 10.1. The highest BCUT2D eigenvalue weighted by Gasteiger charge is 2.15. The zero-order valence-electron chi connectivity index (χ0n) is 15.7. The van der Waals surface area contributed by atoms with Crippen LogP contribution >= 0.6 is 22.9 Å². The zero-order chi connectivity index (χ0) is 21.8. The number of benzene rings is 2. The van der Waals surface area contributed by atoms with Crippen molar-refractivity contribution < 1.29 is 14.1 Å². The average Bonchev–Trinajstić information content (AvgIpc) is 3.45. The van der Waals surface area contributed by atoms with Crippen molar-refractivity contribution in [3.8, 4) is 11.3 Å². The van der Waals surface area contributed by atoms with Crippen LogP contribution in [0, 0.1) is 10.1 Å². The van der Waals surface area contributed by atoms with E-state index in [4.69, 9.17) is 16.0 Å². The summed E-state index contributed by atoms with van der Waals surface area (Å²) in [5.41, 5.74) is 1.35. The number of nitrogens with one attached hydrogen (secondary N) is 1. The van der Waals surface area contributed by atoms with E-state index in [9.17, 15) is 14.9 Å². The molecule has 4 aromatic rings. The number of anilines is 1. The van der Waals surface area contributed by atoms with Crippen LogP contribution in [-0.4, -0.2) is 21.0 Å². The van der Waals surface area contributed by atoms with E-state index in [0.717, 1.165) is 11.3 Å². The van der Waals surface area contributed by atoms with Crippen molar-refractivity contribution in [2.75, 3.05) is 5.32 Å². The van der Waals surface area contributed by atoms with Gasteiger partial charge in [0.05, 0.1) is 9.96 Å². The molecule has 0 aliphatic rings. The van der Waals surface area contributed by atoms with Gasteiger partial charge in [-0.25, -0.2) is 0 Å². The summed E-state index contributed by atoms with van der Waals surface area (Å²) < 4.78 is 5.74. The van der Waals surface area contributed by atoms with Crippen LogP contribution in [0.5, 0.6) is 0 Å². The Labute approximate surface area is 185 Å². The molecular weight excluding hydrogens is 440 g/mol. The van der Waals surface area contributed by atoms with E-state index in [2.05, 4.69) is 15.5 Å². The molecule has 2 aromatic heterocycles. The van der Waals surface area contributed by atoms with Crippen LogP contribution in [0.25, 0.3) is 22.4 Å². The molecule has 0 bridgehead atoms. The van der Waals surface area contributed by atoms with Gasteiger partial charge in [-0.2, -0.15) is 0 Å². The summed E-state index contributed by atoms with van der Waals surface area (Å²) in [5.74, 6) is 0.618. The quantitative estimate of drug-likeness (QED) is 0.297. The molecule has 0 aliphatic carbocycles. The Morgan fingerprint density at radius 1 is 1.03 bits per heavy atom. The normalized spacial score (nSPS) is 11.3. The number of amides is 1. The van der Waals surface area contributed by atoms with Crippen LogP contribution in [0.2, 0.25) is 0 Å². The number of nitro groups is 1. The Morgan fingerprint density at radius 3 is 2.45 bits per heavy atom. The molecule has 0 aliphatic heterocycles. The van der Waals surface area contributed by atoms with Crippen molar-refractivity contribution in [3.63, 3.8) is 0 Å². The van der Waals surface area contributed by atoms with Crippen molar-refractivity contribution in [3.05, 3.63) is 92.6 Å². The summed E-state index contributed by atoms with van der Waals surface area (Å²) in [7, 11) is 0. The molecule has 154 valence electrons. The second-order valence-corrected chi connectivity index (χ2v) is 7.62. The number of para-hydroxylation sites is 1. The number of nitrogens with zero attached hydrogens (tertiary/aromatic N) is 3. The molecule has 1 N–H and O–H groups in total. The lowest BCUT2D eigenvalue weighted by Crippen LogP contribution is -2.11. The maximum atomic E-state index is 12.3. The van der Waals surface area contributed by atoms with Crippen LogP contribution in [0.15, 0.2) is 71.1 Å². The third-order valence-electron chi connectivity index (χ3n) is 4.11. The molecule has 0 radical (unpaired) electrons. The minimum Gasteiger partial charge on any atom is -0.457 e. The highest BCUT2D eigenvalue weighted by molar-refractivity contribution is 7.15. The Morgan fingerprint density at radius 2 is 1.74 bits per heavy atom. The van der Waals surface area contributed by atoms with Crippen molar-refractivity contribution >= 4 is 51.3 Å². The minimum absolute atomic E-state index is 0.00171. The molecular formula is C21H13ClN4O4S. The predicted molar refractivity (Wildman–Crippen MR) is 119 cm³/mol. The first-order chi connectivity index (χ1) is 15.0. The number of furan rings is 1. The SMILES string of the molecule is O=C(Nc1ccccc1)c1nnc(/C(Cl)=C/c2ccc(-c3ccc([N+](=O)[O-])cc3)o2)s1. The van der Waals surface area contributed by atoms with Crippen molar-refractivity contribution in [2.45, 2.75) is 0 Å². The van der Waals surface area contributed by atoms with Gasteiger partial charge in [-0.05, 0) is 36.4 Å². The van der Waals surface area contributed by atoms with Gasteiger partial charge < -0.3 is 9.73 Å². The number of nitro benzene ring substituents is 1. The summed E-state index contributed by atoms with van der Waals surface area (Å²) in [6.45, 7) is 0. The molecule has 0 unspecified atom stereocenters. The molecule has 1 amide bonds. The van der Waals surface area contributed by atoms with E-state index in [0.29, 0.717) is 27.8 Å². The number of carbonyl (C=O) groups is 1. The molecule has 0 saturated heterocycles. The van der Waals surface area contributed by atoms with Crippen LogP contribution in [-0.2, 0) is 0 Å². The first-order valence-electron chi connectivity index (χ1n) is 8.92. The Hall–Kier alpha value is -3.82. The molecule has 10 heteroatoms. The standard InChI is InChI=1S/C21H13ClN4O4S/c22-17(20-24-25-21(31-20)19(27)23-14-4-2-1-3-5-14)12-16-10-11-18(30-16)13-6-8-15(9-7-13)26(28)29/h1-12H,(H,23,27)/b17-12-. The third-order valence-corrected chi connectivity index (χ3v) is 5.47. The van der Waals surface area contributed by atoms with E-state index in [1.165, 1.54) is 12.1 Å². The summed E-state index contributed by atoms with van der Waals surface area (Å²) in [6.07, 6.45) is 1.57. The molecule has 2 aromatic carbocycles. The third kappa shape index (κ3) is 4.85. The van der Waals surface area contributed by atoms with E-state index in [1.807, 2.05) is 18.2 Å². The van der Waals surface area contributed by atoms with Crippen molar-refractivity contribution in [2.24, 2.45) is 0 Å². The van der Waals surface area contributed by atoms with Gasteiger partial charge in [0.25, 0.3) is 11.6 Å². The largest absolute Gasteiger partial charge is 0.457 e. The van der Waals surface area contributed by atoms with Crippen molar-refractivity contribution in [1.29, 1.82) is 0 Å². The van der Waals surface area contributed by atoms with Gasteiger partial charge in [0.15, 0.2) is 5.01 Å². The van der Waals surface area contributed by atoms with Gasteiger partial charge in [-0.1, -0.05) is 41.1 Å². The van der Waals surface area contributed by atoms with Gasteiger partial charge in [-0.15, -0.1) is 10.2 Å². The number of aromatic nitrogens is 2. The fraction of sp³-hybridized carbons (Fsp3) is 0. The second kappa shape index (κ2) is 8.90. The van der Waals surface area contributed by atoms with Gasteiger partial charge in [0.2, 0.25) is 5.01 Å². The van der Waals surface area contributed by atoms with Gasteiger partial charge in [0.1, 0.15) is 11.5 Å². The van der Waals surface area contributed by atoms with Crippen LogP contribution in [0.3, 0.4) is 0 Å². The van der Waals surface area contributed by atoms with E-state index in [1.54, 1.807) is 42.5 Å². The Kier molecular flexibility index (Phi) is 5.87. The predicted octanol–water partition coefficient (Wildman–Crippen LogP) is 5.70. The van der Waals surface area contributed by atoms with Gasteiger partial charge in [0, 0.05) is 29.5 Å². The molecule has 0 spiro atoms. The highest BCUT2D eigenvalue weighted by atomic mass is 35.5. The smallest absolute Gasteiger partial charge is 0.286 e. The first kappa shape index (κ1) is 20.5. The molecule has 8 nitrogen and oxygen atoms in total. The number of carbonyl (C=O) groups excluding carboxylic acids is 1. The maximum absolute atomic E-state index is 12.3. The topological polar surface area (TPSA) is 111 Å². The van der Waals surface area contributed by atoms with Crippen LogP contribution in [0.4, 0.5) is 11.4 Å². The van der Waals surface area contributed by atoms with Gasteiger partial charge in [-0.3, -0.25) is 14.9 Å². The number of halogens is 1. The zero-order valence-corrected chi connectivity index (χ0v) is 17.3. The molecule has 31 heavy (non-hydrogen) atoms. The lowest BCUT2D eigenvalue weighted by molar-refractivity contribution is -0.384. The fourth-order valence-electron chi connectivity index (χ4n) is 2.64. The monoisotopic (exact) mass is 452 g/mol. The summed E-state index contributed by atoms with van der Waals surface area (Å²) >= 11 is 7.39. The Bertz CT molecular complexity index is 1270.